The zero-order valence-corrected chi connectivity index (χ0v) is 11.3. The summed E-state index contributed by atoms with van der Waals surface area (Å²) in [5, 5.41) is 3.81. The summed E-state index contributed by atoms with van der Waals surface area (Å²) in [4.78, 5) is -0.218. The molecule has 1 aromatic carbocycles. The molecule has 0 aliphatic rings. The number of nitrogen functional groups attached to an aromatic ring is 1. The number of aromatic nitrogens is 2. The van der Waals surface area contributed by atoms with Crippen molar-refractivity contribution in [2.24, 2.45) is 0 Å². The minimum atomic E-state index is -4.01. The molecule has 0 aliphatic carbocycles. The summed E-state index contributed by atoms with van der Waals surface area (Å²) in [7, 11) is -4.01. The lowest BCUT2D eigenvalue weighted by molar-refractivity contribution is 0.509. The van der Waals surface area contributed by atoms with E-state index in [1.54, 1.807) is 6.92 Å². The van der Waals surface area contributed by atoms with Crippen LogP contribution >= 0.6 is 0 Å². The average molecular weight is 302 g/mol. The van der Waals surface area contributed by atoms with Gasteiger partial charge in [-0.3, -0.25) is 9.40 Å². The Bertz CT molecular complexity index is 743. The normalized spacial score (nSPS) is 11.6. The Morgan fingerprint density at radius 3 is 2.60 bits per heavy atom. The van der Waals surface area contributed by atoms with E-state index >= 15 is 0 Å². The molecule has 0 atom stereocenters. The number of hydrogen-bond donors (Lipinski definition) is 2. The summed E-state index contributed by atoms with van der Waals surface area (Å²) in [5.74, 6) is -2.38. The van der Waals surface area contributed by atoms with Gasteiger partial charge in [0.1, 0.15) is 4.90 Å². The topological polar surface area (TPSA) is 90.0 Å². The van der Waals surface area contributed by atoms with E-state index < -0.39 is 21.7 Å². The molecule has 2 rings (SSSR count). The number of anilines is 2. The summed E-state index contributed by atoms with van der Waals surface area (Å²) >= 11 is 0. The molecule has 0 spiro atoms. The molecule has 0 aliphatic heterocycles. The second-order valence-electron chi connectivity index (χ2n) is 3.97. The molecule has 20 heavy (non-hydrogen) atoms. The molecule has 108 valence electrons. The van der Waals surface area contributed by atoms with E-state index in [-0.39, 0.29) is 16.4 Å². The highest BCUT2D eigenvalue weighted by atomic mass is 32.2. The van der Waals surface area contributed by atoms with E-state index in [0.29, 0.717) is 6.54 Å². The Kier molecular flexibility index (Phi) is 3.62. The Morgan fingerprint density at radius 1 is 1.35 bits per heavy atom. The molecule has 0 bridgehead atoms. The summed E-state index contributed by atoms with van der Waals surface area (Å²) in [6.07, 6.45) is 1.26. The van der Waals surface area contributed by atoms with Gasteiger partial charge in [0.15, 0.2) is 17.5 Å². The maximum Gasteiger partial charge on any atom is 0.267 e. The predicted molar refractivity (Wildman–Crippen MR) is 69.5 cm³/mol. The number of halogens is 2. The second kappa shape index (κ2) is 5.08. The first-order valence-corrected chi connectivity index (χ1v) is 7.12. The van der Waals surface area contributed by atoms with E-state index in [1.165, 1.54) is 10.9 Å². The van der Waals surface area contributed by atoms with Gasteiger partial charge in [0, 0.05) is 18.8 Å². The van der Waals surface area contributed by atoms with E-state index in [0.717, 1.165) is 18.2 Å². The molecule has 2 aromatic rings. The molecular weight excluding hydrogens is 290 g/mol. The van der Waals surface area contributed by atoms with Crippen molar-refractivity contribution in [3.05, 3.63) is 36.0 Å². The van der Waals surface area contributed by atoms with E-state index in [1.807, 2.05) is 0 Å². The summed E-state index contributed by atoms with van der Waals surface area (Å²) in [6, 6.07) is 2.68. The third-order valence-electron chi connectivity index (χ3n) is 2.54. The third kappa shape index (κ3) is 2.72. The maximum atomic E-state index is 13.0. The van der Waals surface area contributed by atoms with Crippen LogP contribution in [0.4, 0.5) is 20.3 Å². The lowest BCUT2D eigenvalue weighted by Gasteiger charge is -2.07. The van der Waals surface area contributed by atoms with Crippen molar-refractivity contribution in [3.8, 4) is 0 Å². The molecular formula is C11H12F2N4O2S. The van der Waals surface area contributed by atoms with Crippen LogP contribution in [-0.4, -0.2) is 18.2 Å². The van der Waals surface area contributed by atoms with Crippen molar-refractivity contribution in [2.45, 2.75) is 18.4 Å². The van der Waals surface area contributed by atoms with Gasteiger partial charge in [0.2, 0.25) is 0 Å². The molecule has 0 saturated heterocycles. The summed E-state index contributed by atoms with van der Waals surface area (Å²) < 4.78 is 53.5. The van der Waals surface area contributed by atoms with Gasteiger partial charge in [0.25, 0.3) is 10.0 Å². The fourth-order valence-corrected chi connectivity index (χ4v) is 2.68. The van der Waals surface area contributed by atoms with Gasteiger partial charge >= 0.3 is 0 Å². The zero-order valence-electron chi connectivity index (χ0n) is 10.5. The number of nitrogens with zero attached hydrogens (tertiary/aromatic N) is 2. The van der Waals surface area contributed by atoms with Crippen molar-refractivity contribution < 1.29 is 17.2 Å². The van der Waals surface area contributed by atoms with Crippen molar-refractivity contribution in [1.29, 1.82) is 0 Å². The van der Waals surface area contributed by atoms with Crippen molar-refractivity contribution >= 4 is 21.5 Å². The first-order valence-electron chi connectivity index (χ1n) is 5.64. The largest absolute Gasteiger partial charge is 0.381 e. The molecule has 0 amide bonds. The van der Waals surface area contributed by atoms with Crippen LogP contribution in [0.25, 0.3) is 0 Å². The Hall–Kier alpha value is -2.16. The van der Waals surface area contributed by atoms with Crippen LogP contribution in [0.2, 0.25) is 0 Å². The fraction of sp³-hybridized carbons (Fsp3) is 0.182. The molecule has 0 radical (unpaired) electrons. The van der Waals surface area contributed by atoms with Gasteiger partial charge in [-0.25, -0.2) is 17.2 Å². The highest BCUT2D eigenvalue weighted by Crippen LogP contribution is 2.21. The van der Waals surface area contributed by atoms with Crippen LogP contribution < -0.4 is 10.5 Å². The molecule has 1 heterocycles. The number of nitrogens with two attached hydrogens (primary N) is 1. The summed E-state index contributed by atoms with van der Waals surface area (Å²) in [5.41, 5.74) is 5.42. The maximum absolute atomic E-state index is 13.0. The van der Waals surface area contributed by atoms with Crippen LogP contribution in [0, 0.1) is 11.6 Å². The lowest BCUT2D eigenvalue weighted by atomic mass is 10.3. The van der Waals surface area contributed by atoms with Crippen LogP contribution in [0.1, 0.15) is 6.92 Å². The van der Waals surface area contributed by atoms with Crippen molar-refractivity contribution in [2.75, 3.05) is 10.5 Å². The van der Waals surface area contributed by atoms with Gasteiger partial charge < -0.3 is 5.73 Å². The number of aryl methyl sites for hydroxylation is 1. The summed E-state index contributed by atoms with van der Waals surface area (Å²) in [6.45, 7) is 2.22. The quantitative estimate of drug-likeness (QED) is 0.897. The molecule has 1 aromatic heterocycles. The van der Waals surface area contributed by atoms with Gasteiger partial charge in [0.05, 0.1) is 5.69 Å². The van der Waals surface area contributed by atoms with Gasteiger partial charge in [-0.05, 0) is 19.1 Å². The van der Waals surface area contributed by atoms with Gasteiger partial charge in [-0.2, -0.15) is 5.10 Å². The number of benzene rings is 1. The predicted octanol–water partition coefficient (Wildman–Crippen LogP) is 1.56. The molecule has 9 heteroatoms. The SMILES string of the molecule is CCn1cc(S(=O)(=O)Nc2ccc(F)c(F)c2)c(N)n1. The molecule has 0 saturated carbocycles. The van der Waals surface area contributed by atoms with Crippen molar-refractivity contribution in [1.82, 2.24) is 9.78 Å². The smallest absolute Gasteiger partial charge is 0.267 e. The first kappa shape index (κ1) is 14.3. The van der Waals surface area contributed by atoms with Crippen LogP contribution in [0.3, 0.4) is 0 Å². The Balaban J connectivity index is 2.35. The van der Waals surface area contributed by atoms with E-state index in [9.17, 15) is 17.2 Å². The fourth-order valence-electron chi connectivity index (χ4n) is 1.56. The van der Waals surface area contributed by atoms with Crippen molar-refractivity contribution in [3.63, 3.8) is 0 Å². The van der Waals surface area contributed by atoms with Crippen LogP contribution in [0.5, 0.6) is 0 Å². The Labute approximate surface area is 114 Å². The minimum absolute atomic E-state index is 0.104. The van der Waals surface area contributed by atoms with Crippen LogP contribution in [0.15, 0.2) is 29.3 Å². The third-order valence-corrected chi connectivity index (χ3v) is 3.94. The number of rotatable bonds is 4. The molecule has 6 nitrogen and oxygen atoms in total. The molecule has 0 fully saturated rings. The lowest BCUT2D eigenvalue weighted by Crippen LogP contribution is -2.14. The second-order valence-corrected chi connectivity index (χ2v) is 5.62. The molecule has 0 unspecified atom stereocenters. The minimum Gasteiger partial charge on any atom is -0.381 e. The highest BCUT2D eigenvalue weighted by molar-refractivity contribution is 7.92. The van der Waals surface area contributed by atoms with Crippen LogP contribution in [-0.2, 0) is 16.6 Å². The zero-order chi connectivity index (χ0) is 14.9. The standard InChI is InChI=1S/C11H12F2N4O2S/c1-2-17-6-10(11(14)15-17)20(18,19)16-7-3-4-8(12)9(13)5-7/h3-6,16H,2H2,1H3,(H2,14,15). The first-order chi connectivity index (χ1) is 9.33. The average Bonchev–Trinajstić information content (AvgIpc) is 2.76. The number of nitrogens with one attached hydrogen (secondary N) is 1. The molecule has 3 N–H and O–H groups in total. The monoisotopic (exact) mass is 302 g/mol. The number of hydrogen-bond acceptors (Lipinski definition) is 4. The van der Waals surface area contributed by atoms with Gasteiger partial charge in [-0.15, -0.1) is 0 Å². The number of sulfonamides is 1. The van der Waals surface area contributed by atoms with E-state index in [4.69, 9.17) is 5.73 Å². The van der Waals surface area contributed by atoms with E-state index in [2.05, 4.69) is 9.82 Å². The Morgan fingerprint density at radius 2 is 2.05 bits per heavy atom. The highest BCUT2D eigenvalue weighted by Gasteiger charge is 2.21. The van der Waals surface area contributed by atoms with Gasteiger partial charge in [-0.1, -0.05) is 0 Å².